The van der Waals surface area contributed by atoms with Crippen molar-refractivity contribution in [2.75, 3.05) is 44.8 Å². The normalized spacial score (nSPS) is 16.3. The molecule has 7 heteroatoms. The Bertz CT molecular complexity index is 628. The lowest BCUT2D eigenvalue weighted by Crippen LogP contribution is -2.43. The SMILES string of the molecule is CCCOC(C)(CCC)C(=O)Nc1ccc(OCC(=O)N2CCOCC2)cc1. The molecule has 0 saturated carbocycles. The van der Waals surface area contributed by atoms with E-state index in [-0.39, 0.29) is 18.4 Å². The third-order valence-corrected chi connectivity index (χ3v) is 4.67. The number of hydrogen-bond acceptors (Lipinski definition) is 5. The number of carbonyl (C=O) groups is 2. The Labute approximate surface area is 167 Å². The zero-order valence-electron chi connectivity index (χ0n) is 17.2. The first kappa shape index (κ1) is 22.2. The summed E-state index contributed by atoms with van der Waals surface area (Å²) in [7, 11) is 0. The maximum absolute atomic E-state index is 12.7. The molecule has 1 aromatic carbocycles. The quantitative estimate of drug-likeness (QED) is 0.663. The van der Waals surface area contributed by atoms with Crippen LogP contribution in [0.3, 0.4) is 0 Å². The predicted molar refractivity (Wildman–Crippen MR) is 108 cm³/mol. The van der Waals surface area contributed by atoms with Crippen LogP contribution >= 0.6 is 0 Å². The van der Waals surface area contributed by atoms with E-state index in [1.165, 1.54) is 0 Å². The first-order valence-corrected chi connectivity index (χ1v) is 10.0. The number of carbonyl (C=O) groups excluding carboxylic acids is 2. The number of morpholine rings is 1. The van der Waals surface area contributed by atoms with Crippen molar-refractivity contribution in [1.29, 1.82) is 0 Å². The molecule has 1 heterocycles. The van der Waals surface area contributed by atoms with Gasteiger partial charge >= 0.3 is 0 Å². The van der Waals surface area contributed by atoms with E-state index in [1.807, 2.05) is 20.8 Å². The van der Waals surface area contributed by atoms with Crippen molar-refractivity contribution < 1.29 is 23.8 Å². The van der Waals surface area contributed by atoms with Gasteiger partial charge in [-0.25, -0.2) is 0 Å². The second kappa shape index (κ2) is 11.0. The van der Waals surface area contributed by atoms with Gasteiger partial charge < -0.3 is 24.4 Å². The maximum Gasteiger partial charge on any atom is 0.260 e. The number of nitrogens with one attached hydrogen (secondary N) is 1. The van der Waals surface area contributed by atoms with Crippen LogP contribution in [0.5, 0.6) is 5.75 Å². The summed E-state index contributed by atoms with van der Waals surface area (Å²) >= 11 is 0. The minimum Gasteiger partial charge on any atom is -0.484 e. The van der Waals surface area contributed by atoms with Gasteiger partial charge in [0.05, 0.1) is 13.2 Å². The summed E-state index contributed by atoms with van der Waals surface area (Å²) in [5, 5.41) is 2.91. The Morgan fingerprint density at radius 2 is 1.82 bits per heavy atom. The van der Waals surface area contributed by atoms with Gasteiger partial charge in [-0.2, -0.15) is 0 Å². The number of anilines is 1. The van der Waals surface area contributed by atoms with Crippen molar-refractivity contribution in [2.45, 2.75) is 45.6 Å². The lowest BCUT2D eigenvalue weighted by Gasteiger charge is -2.28. The topological polar surface area (TPSA) is 77.1 Å². The molecule has 0 aromatic heterocycles. The maximum atomic E-state index is 12.7. The number of benzene rings is 1. The van der Waals surface area contributed by atoms with Crippen LogP contribution in [0.4, 0.5) is 5.69 Å². The van der Waals surface area contributed by atoms with E-state index >= 15 is 0 Å². The molecule has 1 aliphatic heterocycles. The minimum atomic E-state index is -0.843. The predicted octanol–water partition coefficient (Wildman–Crippen LogP) is 2.85. The van der Waals surface area contributed by atoms with Gasteiger partial charge in [-0.05, 0) is 44.0 Å². The summed E-state index contributed by atoms with van der Waals surface area (Å²) in [5.41, 5.74) is -0.177. The van der Waals surface area contributed by atoms with Crippen LogP contribution in [0, 0.1) is 0 Å². The number of rotatable bonds is 10. The van der Waals surface area contributed by atoms with E-state index in [4.69, 9.17) is 14.2 Å². The van der Waals surface area contributed by atoms with Gasteiger partial charge in [0, 0.05) is 25.4 Å². The average molecular weight is 392 g/mol. The van der Waals surface area contributed by atoms with E-state index in [0.29, 0.717) is 50.8 Å². The summed E-state index contributed by atoms with van der Waals surface area (Å²) < 4.78 is 16.6. The Morgan fingerprint density at radius 3 is 2.43 bits per heavy atom. The van der Waals surface area contributed by atoms with Crippen molar-refractivity contribution in [3.8, 4) is 5.75 Å². The highest BCUT2D eigenvalue weighted by molar-refractivity contribution is 5.97. The third kappa shape index (κ3) is 6.49. The Hall–Kier alpha value is -2.12. The van der Waals surface area contributed by atoms with Crippen LogP contribution in [0.15, 0.2) is 24.3 Å². The highest BCUT2D eigenvalue weighted by atomic mass is 16.5. The summed E-state index contributed by atoms with van der Waals surface area (Å²) in [6.07, 6.45) is 2.38. The first-order chi connectivity index (χ1) is 13.5. The largest absolute Gasteiger partial charge is 0.484 e. The molecule has 2 rings (SSSR count). The fourth-order valence-electron chi connectivity index (χ4n) is 3.00. The summed E-state index contributed by atoms with van der Waals surface area (Å²) in [6.45, 7) is 8.76. The Morgan fingerprint density at radius 1 is 1.14 bits per heavy atom. The molecule has 1 N–H and O–H groups in total. The molecule has 28 heavy (non-hydrogen) atoms. The highest BCUT2D eigenvalue weighted by Gasteiger charge is 2.33. The van der Waals surface area contributed by atoms with Crippen LogP contribution in [0.25, 0.3) is 0 Å². The van der Waals surface area contributed by atoms with Crippen molar-refractivity contribution in [3.05, 3.63) is 24.3 Å². The van der Waals surface area contributed by atoms with Gasteiger partial charge in [-0.1, -0.05) is 20.3 Å². The zero-order chi connectivity index (χ0) is 20.4. The molecule has 7 nitrogen and oxygen atoms in total. The lowest BCUT2D eigenvalue weighted by molar-refractivity contribution is -0.140. The number of hydrogen-bond donors (Lipinski definition) is 1. The highest BCUT2D eigenvalue weighted by Crippen LogP contribution is 2.22. The van der Waals surface area contributed by atoms with Crippen LogP contribution in [-0.4, -0.2) is 61.8 Å². The number of nitrogens with zero attached hydrogens (tertiary/aromatic N) is 1. The van der Waals surface area contributed by atoms with E-state index < -0.39 is 5.60 Å². The first-order valence-electron chi connectivity index (χ1n) is 10.0. The Kier molecular flexibility index (Phi) is 8.73. The van der Waals surface area contributed by atoms with Crippen molar-refractivity contribution in [3.63, 3.8) is 0 Å². The van der Waals surface area contributed by atoms with E-state index in [0.717, 1.165) is 12.8 Å². The Balaban J connectivity index is 1.87. The van der Waals surface area contributed by atoms with E-state index in [2.05, 4.69) is 5.32 Å². The van der Waals surface area contributed by atoms with Crippen LogP contribution in [0.2, 0.25) is 0 Å². The number of amides is 2. The standard InChI is InChI=1S/C21H32N2O5/c1-4-10-21(3,28-13-5-2)20(25)22-17-6-8-18(9-7-17)27-16-19(24)23-11-14-26-15-12-23/h6-9H,4-5,10-16H2,1-3H3,(H,22,25). The van der Waals surface area contributed by atoms with Gasteiger partial charge in [0.25, 0.3) is 11.8 Å². The molecule has 1 atom stereocenters. The van der Waals surface area contributed by atoms with Gasteiger partial charge in [-0.15, -0.1) is 0 Å². The van der Waals surface area contributed by atoms with Crippen LogP contribution in [-0.2, 0) is 19.1 Å². The fourth-order valence-corrected chi connectivity index (χ4v) is 3.00. The lowest BCUT2D eigenvalue weighted by atomic mass is 9.99. The fraction of sp³-hybridized carbons (Fsp3) is 0.619. The minimum absolute atomic E-state index is 0.00879. The van der Waals surface area contributed by atoms with Gasteiger partial charge in [0.1, 0.15) is 11.4 Å². The van der Waals surface area contributed by atoms with Crippen LogP contribution < -0.4 is 10.1 Å². The molecule has 1 fully saturated rings. The number of ether oxygens (including phenoxy) is 3. The molecule has 0 radical (unpaired) electrons. The molecule has 1 unspecified atom stereocenters. The second-order valence-electron chi connectivity index (χ2n) is 7.09. The van der Waals surface area contributed by atoms with Gasteiger partial charge in [0.2, 0.25) is 0 Å². The van der Waals surface area contributed by atoms with E-state index in [9.17, 15) is 9.59 Å². The molecule has 1 saturated heterocycles. The average Bonchev–Trinajstić information content (AvgIpc) is 2.72. The van der Waals surface area contributed by atoms with Gasteiger partial charge in [-0.3, -0.25) is 9.59 Å². The molecule has 0 aliphatic carbocycles. The van der Waals surface area contributed by atoms with Crippen molar-refractivity contribution in [1.82, 2.24) is 4.90 Å². The zero-order valence-corrected chi connectivity index (χ0v) is 17.2. The summed E-state index contributed by atoms with van der Waals surface area (Å²) in [4.78, 5) is 26.5. The molecule has 0 bridgehead atoms. The molecule has 2 amide bonds. The molecule has 156 valence electrons. The molecule has 1 aliphatic rings. The monoisotopic (exact) mass is 392 g/mol. The third-order valence-electron chi connectivity index (χ3n) is 4.67. The molecular formula is C21H32N2O5. The summed E-state index contributed by atoms with van der Waals surface area (Å²) in [6, 6.07) is 7.01. The van der Waals surface area contributed by atoms with E-state index in [1.54, 1.807) is 29.2 Å². The second-order valence-corrected chi connectivity index (χ2v) is 7.09. The summed E-state index contributed by atoms with van der Waals surface area (Å²) in [5.74, 6) is 0.376. The smallest absolute Gasteiger partial charge is 0.260 e. The van der Waals surface area contributed by atoms with Crippen molar-refractivity contribution in [2.24, 2.45) is 0 Å². The molecule has 0 spiro atoms. The molecular weight excluding hydrogens is 360 g/mol. The van der Waals surface area contributed by atoms with Gasteiger partial charge in [0.15, 0.2) is 6.61 Å². The van der Waals surface area contributed by atoms with Crippen LogP contribution in [0.1, 0.15) is 40.0 Å². The molecule has 1 aromatic rings. The van der Waals surface area contributed by atoms with Crippen molar-refractivity contribution >= 4 is 17.5 Å².